The Morgan fingerprint density at radius 1 is 1.03 bits per heavy atom. The molecule has 2 amide bonds. The topological polar surface area (TPSA) is 75.7 Å². The van der Waals surface area contributed by atoms with E-state index in [-0.39, 0.29) is 30.3 Å². The molecule has 2 aromatic rings. The number of ether oxygens (including phenoxy) is 1. The van der Waals surface area contributed by atoms with Gasteiger partial charge in [0.2, 0.25) is 5.91 Å². The van der Waals surface area contributed by atoms with Crippen LogP contribution in [0.15, 0.2) is 60.7 Å². The molecule has 1 heterocycles. The highest BCUT2D eigenvalue weighted by Crippen LogP contribution is 2.19. The Bertz CT molecular complexity index is 914. The van der Waals surface area contributed by atoms with Gasteiger partial charge in [0.15, 0.2) is 6.61 Å². The third-order valence-electron chi connectivity index (χ3n) is 5.35. The van der Waals surface area contributed by atoms with Crippen molar-refractivity contribution in [2.24, 2.45) is 5.92 Å². The fourth-order valence-corrected chi connectivity index (χ4v) is 3.45. The van der Waals surface area contributed by atoms with Crippen molar-refractivity contribution in [3.05, 3.63) is 71.8 Å². The van der Waals surface area contributed by atoms with Crippen LogP contribution in [-0.2, 0) is 25.5 Å². The van der Waals surface area contributed by atoms with Crippen LogP contribution in [0.2, 0.25) is 0 Å². The fourth-order valence-electron chi connectivity index (χ4n) is 3.45. The Balaban J connectivity index is 1.38. The van der Waals surface area contributed by atoms with Crippen LogP contribution in [0, 0.1) is 5.92 Å². The number of amides is 2. The van der Waals surface area contributed by atoms with Gasteiger partial charge in [0, 0.05) is 24.9 Å². The molecule has 162 valence electrons. The Labute approximate surface area is 182 Å². The van der Waals surface area contributed by atoms with Gasteiger partial charge in [-0.15, -0.1) is 0 Å². The largest absolute Gasteiger partial charge is 0.455 e. The predicted octanol–water partition coefficient (Wildman–Crippen LogP) is 3.68. The van der Waals surface area contributed by atoms with Gasteiger partial charge in [-0.05, 0) is 48.6 Å². The molecule has 1 saturated heterocycles. The number of nitrogens with zero attached hydrogens (tertiary/aromatic N) is 1. The molecule has 1 aliphatic rings. The minimum Gasteiger partial charge on any atom is -0.455 e. The summed E-state index contributed by atoms with van der Waals surface area (Å²) in [6.45, 7) is 2.74. The normalized spacial score (nSPS) is 14.4. The smallest absolute Gasteiger partial charge is 0.309 e. The molecular weight excluding hydrogens is 392 g/mol. The van der Waals surface area contributed by atoms with Gasteiger partial charge in [-0.3, -0.25) is 14.4 Å². The number of rotatable bonds is 7. The molecule has 6 nitrogen and oxygen atoms in total. The van der Waals surface area contributed by atoms with Crippen LogP contribution >= 0.6 is 0 Å². The van der Waals surface area contributed by atoms with E-state index in [1.54, 1.807) is 17.1 Å². The Morgan fingerprint density at radius 3 is 2.35 bits per heavy atom. The van der Waals surface area contributed by atoms with Crippen LogP contribution in [0.25, 0.3) is 6.08 Å². The van der Waals surface area contributed by atoms with Gasteiger partial charge in [0.05, 0.1) is 5.92 Å². The number of likely N-dealkylation sites (tertiary alicyclic amines) is 1. The molecule has 3 rings (SSSR count). The van der Waals surface area contributed by atoms with Crippen LogP contribution in [-0.4, -0.2) is 42.4 Å². The number of benzene rings is 2. The molecule has 0 bridgehead atoms. The third kappa shape index (κ3) is 6.81. The van der Waals surface area contributed by atoms with E-state index >= 15 is 0 Å². The molecule has 0 saturated carbocycles. The van der Waals surface area contributed by atoms with Crippen LogP contribution in [0.3, 0.4) is 0 Å². The number of carbonyl (C=O) groups excluding carboxylic acids is 3. The Kier molecular flexibility index (Phi) is 7.98. The molecule has 0 aromatic heterocycles. The van der Waals surface area contributed by atoms with Crippen molar-refractivity contribution in [2.45, 2.75) is 26.2 Å². The zero-order valence-corrected chi connectivity index (χ0v) is 17.8. The average molecular weight is 421 g/mol. The second kappa shape index (κ2) is 11.1. The maximum absolute atomic E-state index is 12.3. The monoisotopic (exact) mass is 420 g/mol. The molecule has 1 aliphatic heterocycles. The second-order valence-corrected chi connectivity index (χ2v) is 7.55. The van der Waals surface area contributed by atoms with Gasteiger partial charge >= 0.3 is 5.97 Å². The van der Waals surface area contributed by atoms with Crippen LogP contribution in [0.1, 0.15) is 30.9 Å². The maximum Gasteiger partial charge on any atom is 0.309 e. The summed E-state index contributed by atoms with van der Waals surface area (Å²) in [7, 11) is 0. The van der Waals surface area contributed by atoms with E-state index in [2.05, 4.69) is 12.2 Å². The zero-order valence-electron chi connectivity index (χ0n) is 17.8. The number of aryl methyl sites for hydroxylation is 1. The first-order valence-corrected chi connectivity index (χ1v) is 10.6. The lowest BCUT2D eigenvalue weighted by Gasteiger charge is -2.30. The summed E-state index contributed by atoms with van der Waals surface area (Å²) in [6, 6.07) is 17.2. The molecule has 0 atom stereocenters. The van der Waals surface area contributed by atoms with Gasteiger partial charge in [0.1, 0.15) is 0 Å². The number of esters is 1. The highest BCUT2D eigenvalue weighted by atomic mass is 16.5. The standard InChI is InChI=1S/C25H28N2O4/c1-2-19-8-11-22(12-9-19)26-23(28)18-31-25(30)21-14-16-27(17-15-21)24(29)13-10-20-6-4-3-5-7-20/h3-13,21H,2,14-18H2,1H3,(H,26,28)/b13-10+. The van der Waals surface area contributed by atoms with Gasteiger partial charge in [-0.25, -0.2) is 0 Å². The van der Waals surface area contributed by atoms with Gasteiger partial charge in [0.25, 0.3) is 5.91 Å². The minimum absolute atomic E-state index is 0.0656. The lowest BCUT2D eigenvalue weighted by atomic mass is 9.97. The molecule has 0 aliphatic carbocycles. The van der Waals surface area contributed by atoms with Crippen molar-refractivity contribution in [2.75, 3.05) is 25.0 Å². The minimum atomic E-state index is -0.386. The summed E-state index contributed by atoms with van der Waals surface area (Å²) in [5, 5.41) is 2.72. The van der Waals surface area contributed by atoms with Crippen molar-refractivity contribution in [3.63, 3.8) is 0 Å². The van der Waals surface area contributed by atoms with Crippen molar-refractivity contribution in [3.8, 4) is 0 Å². The Morgan fingerprint density at radius 2 is 1.71 bits per heavy atom. The Hall–Kier alpha value is -3.41. The number of anilines is 1. The first-order chi connectivity index (χ1) is 15.0. The first kappa shape index (κ1) is 22.3. The summed E-state index contributed by atoms with van der Waals surface area (Å²) in [6.07, 6.45) is 5.34. The molecule has 6 heteroatoms. The lowest BCUT2D eigenvalue weighted by molar-refractivity contribution is -0.153. The van der Waals surface area contributed by atoms with Crippen LogP contribution in [0.5, 0.6) is 0 Å². The van der Waals surface area contributed by atoms with E-state index in [0.717, 1.165) is 12.0 Å². The summed E-state index contributed by atoms with van der Waals surface area (Å²) < 4.78 is 5.19. The van der Waals surface area contributed by atoms with Crippen molar-refractivity contribution in [1.29, 1.82) is 0 Å². The highest BCUT2D eigenvalue weighted by molar-refractivity contribution is 5.93. The molecule has 0 unspecified atom stereocenters. The highest BCUT2D eigenvalue weighted by Gasteiger charge is 2.28. The summed E-state index contributed by atoms with van der Waals surface area (Å²) in [4.78, 5) is 38.4. The van der Waals surface area contributed by atoms with Gasteiger partial charge in [-0.2, -0.15) is 0 Å². The first-order valence-electron chi connectivity index (χ1n) is 10.6. The van der Waals surface area contributed by atoms with Gasteiger partial charge < -0.3 is 15.0 Å². The number of piperidine rings is 1. The molecule has 0 spiro atoms. The number of hydrogen-bond acceptors (Lipinski definition) is 4. The third-order valence-corrected chi connectivity index (χ3v) is 5.35. The van der Waals surface area contributed by atoms with E-state index in [4.69, 9.17) is 4.74 Å². The van der Waals surface area contributed by atoms with Gasteiger partial charge in [-0.1, -0.05) is 49.4 Å². The average Bonchev–Trinajstić information content (AvgIpc) is 2.82. The SMILES string of the molecule is CCc1ccc(NC(=O)COC(=O)C2CCN(C(=O)/C=C/c3ccccc3)CC2)cc1. The van der Waals surface area contributed by atoms with Crippen molar-refractivity contribution in [1.82, 2.24) is 4.90 Å². The van der Waals surface area contributed by atoms with Crippen molar-refractivity contribution >= 4 is 29.5 Å². The second-order valence-electron chi connectivity index (χ2n) is 7.55. The molecule has 2 aromatic carbocycles. The maximum atomic E-state index is 12.3. The number of nitrogens with one attached hydrogen (secondary N) is 1. The predicted molar refractivity (Wildman–Crippen MR) is 120 cm³/mol. The van der Waals surface area contributed by atoms with E-state index in [1.165, 1.54) is 5.56 Å². The molecular formula is C25H28N2O4. The molecule has 0 radical (unpaired) electrons. The van der Waals surface area contributed by atoms with Crippen molar-refractivity contribution < 1.29 is 19.1 Å². The molecule has 1 N–H and O–H groups in total. The molecule has 31 heavy (non-hydrogen) atoms. The summed E-state index contributed by atoms with van der Waals surface area (Å²) >= 11 is 0. The zero-order chi connectivity index (χ0) is 22.1. The number of carbonyl (C=O) groups is 3. The quantitative estimate of drug-likeness (QED) is 0.548. The number of hydrogen-bond donors (Lipinski definition) is 1. The van der Waals surface area contributed by atoms with Crippen LogP contribution in [0.4, 0.5) is 5.69 Å². The molecule has 1 fully saturated rings. The van der Waals surface area contributed by atoms with E-state index in [0.29, 0.717) is 31.6 Å². The lowest BCUT2D eigenvalue weighted by Crippen LogP contribution is -2.40. The summed E-state index contributed by atoms with van der Waals surface area (Å²) in [5.41, 5.74) is 2.83. The summed E-state index contributed by atoms with van der Waals surface area (Å²) in [5.74, 6) is -1.11. The van der Waals surface area contributed by atoms with E-state index < -0.39 is 0 Å². The van der Waals surface area contributed by atoms with Crippen LogP contribution < -0.4 is 5.32 Å². The fraction of sp³-hybridized carbons (Fsp3) is 0.320. The van der Waals surface area contributed by atoms with E-state index in [9.17, 15) is 14.4 Å². The van der Waals surface area contributed by atoms with E-state index in [1.807, 2.05) is 54.6 Å².